The second-order valence-electron chi connectivity index (χ2n) is 6.03. The van der Waals surface area contributed by atoms with Crippen LogP contribution in [-0.2, 0) is 18.5 Å². The molecule has 0 saturated carbocycles. The second kappa shape index (κ2) is 9.06. The Kier molecular flexibility index (Phi) is 6.79. The topological polar surface area (TPSA) is 0 Å². The molecule has 3 aromatic carbocycles. The highest BCUT2D eigenvalue weighted by Gasteiger charge is 2.12. The van der Waals surface area contributed by atoms with Crippen LogP contribution in [0.1, 0.15) is 16.7 Å². The average Bonchev–Trinajstić information content (AvgIpc) is 2.55. The summed E-state index contributed by atoms with van der Waals surface area (Å²) < 4.78 is 0. The molecule has 0 nitrogen and oxygen atoms in total. The van der Waals surface area contributed by atoms with Crippen LogP contribution >= 0.6 is 42.7 Å². The Bertz CT molecular complexity index is 735. The summed E-state index contributed by atoms with van der Waals surface area (Å²) in [4.78, 5) is 0. The third-order valence-corrected chi connectivity index (χ3v) is 7.03. The molecule has 3 aromatic rings. The Hall–Kier alpha value is -1.04. The van der Waals surface area contributed by atoms with Gasteiger partial charge in [0, 0.05) is 15.1 Å². The predicted molar refractivity (Wildman–Crippen MR) is 112 cm³/mol. The zero-order valence-corrected chi connectivity index (χ0v) is 16.8. The monoisotopic (exact) mass is 406 g/mol. The summed E-state index contributed by atoms with van der Waals surface area (Å²) in [6.07, 6.45) is 3.07. The van der Waals surface area contributed by atoms with E-state index in [9.17, 15) is 0 Å². The van der Waals surface area contributed by atoms with Gasteiger partial charge >= 0.3 is 0 Å². The highest BCUT2D eigenvalue weighted by atomic mass is 35.5. The lowest BCUT2D eigenvalue weighted by Crippen LogP contribution is -1.94. The highest BCUT2D eigenvalue weighted by molar-refractivity contribution is 7.55. The molecule has 128 valence electrons. The van der Waals surface area contributed by atoms with Gasteiger partial charge in [-0.05, 0) is 71.6 Å². The SMILES string of the molecule is Clc1cccc(CP(Cc2cccc(Cl)c2)Cc2cccc(Cl)c2)c1. The van der Waals surface area contributed by atoms with E-state index in [0.29, 0.717) is 0 Å². The minimum Gasteiger partial charge on any atom is -0.0932 e. The van der Waals surface area contributed by atoms with Crippen molar-refractivity contribution in [2.24, 2.45) is 0 Å². The van der Waals surface area contributed by atoms with E-state index in [1.807, 2.05) is 36.4 Å². The fourth-order valence-electron chi connectivity index (χ4n) is 2.85. The number of hydrogen-bond acceptors (Lipinski definition) is 0. The largest absolute Gasteiger partial charge is 0.0932 e. The lowest BCUT2D eigenvalue weighted by molar-refractivity contribution is 1.26. The Morgan fingerprint density at radius 1 is 0.520 bits per heavy atom. The van der Waals surface area contributed by atoms with Crippen LogP contribution in [0.4, 0.5) is 0 Å². The molecular weight excluding hydrogens is 390 g/mol. The van der Waals surface area contributed by atoms with Crippen molar-refractivity contribution in [1.29, 1.82) is 0 Å². The lowest BCUT2D eigenvalue weighted by Gasteiger charge is -2.19. The van der Waals surface area contributed by atoms with Crippen LogP contribution < -0.4 is 0 Å². The van der Waals surface area contributed by atoms with Crippen molar-refractivity contribution in [2.45, 2.75) is 18.5 Å². The van der Waals surface area contributed by atoms with Gasteiger partial charge in [-0.15, -0.1) is 0 Å². The van der Waals surface area contributed by atoms with E-state index in [1.54, 1.807) is 0 Å². The molecule has 0 aliphatic heterocycles. The second-order valence-corrected chi connectivity index (χ2v) is 9.63. The fourth-order valence-corrected chi connectivity index (χ4v) is 5.96. The smallest absolute Gasteiger partial charge is 0.0408 e. The van der Waals surface area contributed by atoms with Gasteiger partial charge < -0.3 is 0 Å². The van der Waals surface area contributed by atoms with Crippen LogP contribution in [0.5, 0.6) is 0 Å². The van der Waals surface area contributed by atoms with E-state index in [4.69, 9.17) is 34.8 Å². The summed E-state index contributed by atoms with van der Waals surface area (Å²) in [6, 6.07) is 24.4. The number of rotatable bonds is 6. The molecule has 0 saturated heterocycles. The predicted octanol–water partition coefficient (Wildman–Crippen LogP) is 8.03. The number of halogens is 3. The van der Waals surface area contributed by atoms with Crippen LogP contribution in [0.25, 0.3) is 0 Å². The fraction of sp³-hybridized carbons (Fsp3) is 0.143. The van der Waals surface area contributed by atoms with Gasteiger partial charge in [0.2, 0.25) is 0 Å². The molecule has 0 heterocycles. The highest BCUT2D eigenvalue weighted by Crippen LogP contribution is 2.47. The molecule has 3 rings (SSSR count). The van der Waals surface area contributed by atoms with E-state index in [2.05, 4.69) is 36.4 Å². The molecule has 0 bridgehead atoms. The molecule has 25 heavy (non-hydrogen) atoms. The minimum atomic E-state index is -0.303. The summed E-state index contributed by atoms with van der Waals surface area (Å²) in [7, 11) is -0.303. The van der Waals surface area contributed by atoms with E-state index in [0.717, 1.165) is 33.6 Å². The van der Waals surface area contributed by atoms with E-state index in [1.165, 1.54) is 16.7 Å². The van der Waals surface area contributed by atoms with Gasteiger partial charge in [0.05, 0.1) is 0 Å². The molecule has 0 fully saturated rings. The van der Waals surface area contributed by atoms with Crippen molar-refractivity contribution in [3.05, 3.63) is 105 Å². The molecule has 0 unspecified atom stereocenters. The summed E-state index contributed by atoms with van der Waals surface area (Å²) in [5.41, 5.74) is 3.84. The van der Waals surface area contributed by atoms with Crippen molar-refractivity contribution < 1.29 is 0 Å². The van der Waals surface area contributed by atoms with Gasteiger partial charge in [-0.3, -0.25) is 0 Å². The third kappa shape index (κ3) is 6.01. The molecular formula is C21H18Cl3P. The molecule has 0 aromatic heterocycles. The molecule has 0 radical (unpaired) electrons. The summed E-state index contributed by atoms with van der Waals surface area (Å²) >= 11 is 18.5. The average molecular weight is 408 g/mol. The van der Waals surface area contributed by atoms with Gasteiger partial charge in [-0.1, -0.05) is 79.1 Å². The van der Waals surface area contributed by atoms with E-state index >= 15 is 0 Å². The van der Waals surface area contributed by atoms with Gasteiger partial charge in [0.25, 0.3) is 0 Å². The van der Waals surface area contributed by atoms with Gasteiger partial charge in [-0.25, -0.2) is 0 Å². The Morgan fingerprint density at radius 2 is 0.840 bits per heavy atom. The summed E-state index contributed by atoms with van der Waals surface area (Å²) in [5, 5.41) is 2.37. The van der Waals surface area contributed by atoms with Crippen molar-refractivity contribution >= 4 is 42.7 Å². The van der Waals surface area contributed by atoms with E-state index in [-0.39, 0.29) is 7.92 Å². The Morgan fingerprint density at radius 3 is 1.12 bits per heavy atom. The zero-order valence-electron chi connectivity index (χ0n) is 13.6. The maximum Gasteiger partial charge on any atom is 0.0408 e. The van der Waals surface area contributed by atoms with Crippen LogP contribution in [0.2, 0.25) is 15.1 Å². The van der Waals surface area contributed by atoms with Crippen molar-refractivity contribution in [3.8, 4) is 0 Å². The first-order valence-electron chi connectivity index (χ1n) is 8.04. The van der Waals surface area contributed by atoms with Crippen LogP contribution in [0, 0.1) is 0 Å². The van der Waals surface area contributed by atoms with Crippen LogP contribution in [-0.4, -0.2) is 0 Å². The lowest BCUT2D eigenvalue weighted by atomic mass is 10.2. The first kappa shape index (κ1) is 18.7. The van der Waals surface area contributed by atoms with Crippen molar-refractivity contribution in [2.75, 3.05) is 0 Å². The zero-order chi connectivity index (χ0) is 17.6. The maximum atomic E-state index is 6.16. The molecule has 0 atom stereocenters. The first-order valence-corrected chi connectivity index (χ1v) is 11.1. The van der Waals surface area contributed by atoms with Crippen molar-refractivity contribution in [1.82, 2.24) is 0 Å². The maximum absolute atomic E-state index is 6.16. The quantitative estimate of drug-likeness (QED) is 0.363. The van der Waals surface area contributed by atoms with Gasteiger partial charge in [0.1, 0.15) is 0 Å². The molecule has 4 heteroatoms. The molecule has 0 aliphatic carbocycles. The number of hydrogen-bond donors (Lipinski definition) is 0. The van der Waals surface area contributed by atoms with Crippen LogP contribution in [0.15, 0.2) is 72.8 Å². The molecule has 0 N–H and O–H groups in total. The number of benzene rings is 3. The standard InChI is InChI=1S/C21H18Cl3P/c22-19-7-1-4-16(10-19)13-25(14-17-5-2-8-20(23)11-17)15-18-6-3-9-21(24)12-18/h1-12H,13-15H2. The van der Waals surface area contributed by atoms with Gasteiger partial charge in [-0.2, -0.15) is 0 Å². The van der Waals surface area contributed by atoms with Gasteiger partial charge in [0.15, 0.2) is 0 Å². The molecule has 0 aliphatic rings. The Balaban J connectivity index is 1.82. The normalized spacial score (nSPS) is 11.0. The van der Waals surface area contributed by atoms with E-state index < -0.39 is 0 Å². The molecule has 0 spiro atoms. The first-order chi connectivity index (χ1) is 12.1. The summed E-state index contributed by atoms with van der Waals surface area (Å²) in [5.74, 6) is 0. The van der Waals surface area contributed by atoms with Crippen molar-refractivity contribution in [3.63, 3.8) is 0 Å². The van der Waals surface area contributed by atoms with Crippen LogP contribution in [0.3, 0.4) is 0 Å². The minimum absolute atomic E-state index is 0.303. The third-order valence-electron chi connectivity index (χ3n) is 3.89. The Labute approximate surface area is 165 Å². The summed E-state index contributed by atoms with van der Waals surface area (Å²) in [6.45, 7) is 0. The molecule has 0 amide bonds.